The summed E-state index contributed by atoms with van der Waals surface area (Å²) in [6.45, 7) is 8.17. The Labute approximate surface area is 269 Å². The number of thioether (sulfide) groups is 1. The minimum absolute atomic E-state index is 0.00561. The lowest BCUT2D eigenvalue weighted by atomic mass is 9.68. The van der Waals surface area contributed by atoms with E-state index in [0.717, 1.165) is 26.8 Å². The largest absolute Gasteiger partial charge is 0.462 e. The lowest BCUT2D eigenvalue weighted by Crippen LogP contribution is -2.42. The third-order valence-corrected chi connectivity index (χ3v) is 12.5. The van der Waals surface area contributed by atoms with E-state index in [1.165, 1.54) is 16.9 Å². The van der Waals surface area contributed by atoms with Gasteiger partial charge in [-0.15, -0.1) is 11.8 Å². The number of amides is 3. The molecule has 2 saturated carbocycles. The van der Waals surface area contributed by atoms with Gasteiger partial charge >= 0.3 is 10.8 Å². The zero-order chi connectivity index (χ0) is 31.8. The number of H-pyrrole nitrogens is 1. The van der Waals surface area contributed by atoms with Crippen LogP contribution in [0.5, 0.6) is 0 Å². The molecule has 7 rings (SSSR count). The molecule has 2 bridgehead atoms. The van der Waals surface area contributed by atoms with Crippen molar-refractivity contribution in [1.29, 1.82) is 0 Å². The minimum Gasteiger partial charge on any atom is -0.462 e. The van der Waals surface area contributed by atoms with Gasteiger partial charge in [0, 0.05) is 21.7 Å². The number of anilines is 1. The number of hydrogen-bond donors (Lipinski definition) is 2. The number of imide groups is 1. The van der Waals surface area contributed by atoms with E-state index >= 15 is 0 Å². The molecule has 3 aromatic rings. The summed E-state index contributed by atoms with van der Waals surface area (Å²) in [6.07, 6.45) is 0.789. The van der Waals surface area contributed by atoms with Crippen LogP contribution < -0.4 is 10.2 Å². The fourth-order valence-corrected chi connectivity index (χ4v) is 10.9. The van der Waals surface area contributed by atoms with Gasteiger partial charge in [0.2, 0.25) is 17.7 Å². The quantitative estimate of drug-likeness (QED) is 0.285. The number of benzene rings is 2. The van der Waals surface area contributed by atoms with Gasteiger partial charge in [0.1, 0.15) is 6.54 Å². The minimum atomic E-state index is -0.476. The van der Waals surface area contributed by atoms with Gasteiger partial charge in [-0.25, -0.2) is 4.79 Å². The van der Waals surface area contributed by atoms with Crippen molar-refractivity contribution in [3.63, 3.8) is 0 Å². The van der Waals surface area contributed by atoms with Crippen LogP contribution in [0.2, 0.25) is 0 Å². The molecule has 7 atom stereocenters. The number of nitrogens with one attached hydrogen (secondary N) is 2. The standard InChI is InChI=1S/C34H35N3O6S2/c1-5-43-32(41)17-8-12-19(13-9-17)35-22(38)15-37-30(39)25-20-14-21(26(25)31(37)40)27-24(20)23(28-29(44-27)36-33(42)45-28)16-6-10-18(11-7-16)34(2,3)4/h6-13,20-21,23-27H,5,14-15H2,1-4H3,(H,35,38)(H,36,42). The number of carbonyl (C=O) groups is 4. The maximum Gasteiger partial charge on any atom is 0.338 e. The average Bonchev–Trinajstić information content (AvgIpc) is 3.73. The molecule has 1 aromatic heterocycles. The molecule has 2 aliphatic heterocycles. The Balaban J connectivity index is 1.12. The van der Waals surface area contributed by atoms with E-state index in [1.54, 1.807) is 43.0 Å². The van der Waals surface area contributed by atoms with Crippen molar-refractivity contribution in [2.24, 2.45) is 29.6 Å². The number of aromatic amines is 1. The summed E-state index contributed by atoms with van der Waals surface area (Å²) in [7, 11) is 0. The molecular weight excluding hydrogens is 611 g/mol. The lowest BCUT2D eigenvalue weighted by molar-refractivity contribution is -0.143. The molecule has 0 spiro atoms. The second-order valence-corrected chi connectivity index (χ2v) is 15.6. The molecule has 2 aromatic carbocycles. The molecule has 7 unspecified atom stereocenters. The van der Waals surface area contributed by atoms with E-state index in [2.05, 4.69) is 55.3 Å². The van der Waals surface area contributed by atoms with Gasteiger partial charge in [0.25, 0.3) is 0 Å². The van der Waals surface area contributed by atoms with Gasteiger partial charge in [-0.05, 0) is 71.9 Å². The summed E-state index contributed by atoms with van der Waals surface area (Å²) in [5.74, 6) is -2.37. The molecule has 2 aliphatic carbocycles. The zero-order valence-corrected chi connectivity index (χ0v) is 27.1. The molecule has 0 radical (unpaired) electrons. The number of thiazole rings is 1. The van der Waals surface area contributed by atoms with Gasteiger partial charge in [0.05, 0.1) is 29.0 Å². The van der Waals surface area contributed by atoms with Crippen LogP contribution in [0.3, 0.4) is 0 Å². The first-order chi connectivity index (χ1) is 21.5. The van der Waals surface area contributed by atoms with Crippen LogP contribution >= 0.6 is 23.1 Å². The number of fused-ring (bicyclic) bond motifs is 9. The van der Waals surface area contributed by atoms with Crippen LogP contribution in [0.15, 0.2) is 58.4 Å². The van der Waals surface area contributed by atoms with Crippen LogP contribution in [0.1, 0.15) is 66.4 Å². The molecule has 3 amide bonds. The number of rotatable bonds is 6. The number of nitrogens with zero attached hydrogens (tertiary/aromatic N) is 1. The highest BCUT2D eigenvalue weighted by Gasteiger charge is 2.69. The Morgan fingerprint density at radius 1 is 0.978 bits per heavy atom. The molecular formula is C34H35N3O6S2. The fourth-order valence-electron chi connectivity index (χ4n) is 8.05. The maximum atomic E-state index is 13.9. The molecule has 45 heavy (non-hydrogen) atoms. The lowest BCUT2D eigenvalue weighted by Gasteiger charge is -2.43. The van der Waals surface area contributed by atoms with Crippen LogP contribution in [0.25, 0.3) is 0 Å². The molecule has 1 saturated heterocycles. The van der Waals surface area contributed by atoms with Crippen molar-refractivity contribution in [3.8, 4) is 0 Å². The normalized spacial score (nSPS) is 28.1. The van der Waals surface area contributed by atoms with Crippen molar-refractivity contribution < 1.29 is 23.9 Å². The van der Waals surface area contributed by atoms with Gasteiger partial charge < -0.3 is 15.0 Å². The number of likely N-dealkylation sites (tertiary alicyclic amines) is 1. The zero-order valence-electron chi connectivity index (χ0n) is 25.5. The summed E-state index contributed by atoms with van der Waals surface area (Å²) >= 11 is 2.90. The van der Waals surface area contributed by atoms with Crippen LogP contribution in [-0.2, 0) is 24.5 Å². The van der Waals surface area contributed by atoms with Gasteiger partial charge in [-0.1, -0.05) is 56.4 Å². The Morgan fingerprint density at radius 3 is 2.29 bits per heavy atom. The van der Waals surface area contributed by atoms with Gasteiger partial charge in [-0.3, -0.25) is 24.1 Å². The summed E-state index contributed by atoms with van der Waals surface area (Å²) < 4.78 is 5.00. The van der Waals surface area contributed by atoms with Crippen LogP contribution in [-0.4, -0.2) is 52.0 Å². The number of carbonyl (C=O) groups excluding carboxylic acids is 4. The summed E-state index contributed by atoms with van der Waals surface area (Å²) in [5, 5.41) is 3.71. The van der Waals surface area contributed by atoms with Crippen molar-refractivity contribution in [3.05, 3.63) is 79.8 Å². The van der Waals surface area contributed by atoms with Crippen molar-refractivity contribution >= 4 is 52.5 Å². The maximum absolute atomic E-state index is 13.9. The fraction of sp³-hybridized carbons (Fsp3) is 0.441. The predicted molar refractivity (Wildman–Crippen MR) is 171 cm³/mol. The highest BCUT2D eigenvalue weighted by molar-refractivity contribution is 8.00. The number of hydrogen-bond acceptors (Lipinski definition) is 8. The number of aromatic nitrogens is 1. The van der Waals surface area contributed by atoms with E-state index in [1.807, 2.05) is 0 Å². The predicted octanol–water partition coefficient (Wildman–Crippen LogP) is 5.02. The smallest absolute Gasteiger partial charge is 0.338 e. The van der Waals surface area contributed by atoms with Gasteiger partial charge in [0.15, 0.2) is 0 Å². The molecule has 9 nitrogen and oxygen atoms in total. The second-order valence-electron chi connectivity index (χ2n) is 13.4. The van der Waals surface area contributed by atoms with E-state index in [9.17, 15) is 24.0 Å². The molecule has 2 N–H and O–H groups in total. The second kappa shape index (κ2) is 11.0. The van der Waals surface area contributed by atoms with Crippen LogP contribution in [0.4, 0.5) is 5.69 Å². The van der Waals surface area contributed by atoms with Crippen LogP contribution in [0, 0.1) is 29.6 Å². The van der Waals surface area contributed by atoms with Crippen molar-refractivity contribution in [2.75, 3.05) is 18.5 Å². The van der Waals surface area contributed by atoms with Gasteiger partial charge in [-0.2, -0.15) is 0 Å². The Hall–Kier alpha value is -3.70. The topological polar surface area (TPSA) is 126 Å². The first-order valence-electron chi connectivity index (χ1n) is 15.4. The van der Waals surface area contributed by atoms with E-state index in [4.69, 9.17) is 4.74 Å². The summed E-state index contributed by atoms with van der Waals surface area (Å²) in [4.78, 5) is 70.3. The molecule has 234 valence electrons. The first-order valence-corrected chi connectivity index (χ1v) is 17.1. The number of esters is 1. The Morgan fingerprint density at radius 2 is 1.64 bits per heavy atom. The molecule has 11 heteroatoms. The number of ether oxygens (including phenoxy) is 1. The Kier molecular flexibility index (Phi) is 7.31. The first kappa shape index (κ1) is 30.0. The third-order valence-electron chi connectivity index (χ3n) is 9.93. The summed E-state index contributed by atoms with van der Waals surface area (Å²) in [6, 6.07) is 14.9. The van der Waals surface area contributed by atoms with E-state index < -0.39 is 23.7 Å². The summed E-state index contributed by atoms with van der Waals surface area (Å²) in [5.41, 5.74) is 3.18. The molecule has 3 fully saturated rings. The van der Waals surface area contributed by atoms with Crippen molar-refractivity contribution in [2.45, 2.75) is 55.7 Å². The SMILES string of the molecule is CCOC(=O)c1ccc(NC(=O)CN2C(=O)C3C4CC(C3C2=O)C2C(c3ccc(C(C)(C)C)cc3)c3sc(=O)[nH]c3SC42)cc1. The molecule has 3 heterocycles. The molecule has 4 aliphatic rings. The average molecular weight is 646 g/mol. The highest BCUT2D eigenvalue weighted by Crippen LogP contribution is 2.68. The van der Waals surface area contributed by atoms with E-state index in [-0.39, 0.29) is 64.2 Å². The van der Waals surface area contributed by atoms with Crippen molar-refractivity contribution in [1.82, 2.24) is 9.88 Å². The van der Waals surface area contributed by atoms with E-state index in [0.29, 0.717) is 11.3 Å². The third kappa shape index (κ3) is 4.95. The monoisotopic (exact) mass is 645 g/mol. The Bertz CT molecular complexity index is 1760. The highest BCUT2D eigenvalue weighted by atomic mass is 32.2.